The summed E-state index contributed by atoms with van der Waals surface area (Å²) in [6.45, 7) is 6.58. The molecule has 0 fully saturated rings. The van der Waals surface area contributed by atoms with E-state index in [1.807, 2.05) is 12.1 Å². The summed E-state index contributed by atoms with van der Waals surface area (Å²) >= 11 is 0. The van der Waals surface area contributed by atoms with Crippen molar-refractivity contribution >= 4 is 9.84 Å². The Kier molecular flexibility index (Phi) is 7.40. The van der Waals surface area contributed by atoms with Gasteiger partial charge in [-0.25, -0.2) is 8.42 Å². The quantitative estimate of drug-likeness (QED) is 0.747. The lowest BCUT2D eigenvalue weighted by Crippen LogP contribution is -2.31. The summed E-state index contributed by atoms with van der Waals surface area (Å²) in [5.74, 6) is 0. The van der Waals surface area contributed by atoms with E-state index in [-0.39, 0.29) is 6.04 Å². The number of sulfone groups is 1. The largest absolute Gasteiger partial charge is 0.307 e. The first-order valence-corrected chi connectivity index (χ1v) is 9.83. The molecule has 120 valence electrons. The topological polar surface area (TPSA) is 46.2 Å². The molecule has 2 unspecified atom stereocenters. The standard InChI is InChI=1S/C17H29NO2S/c1-5-7-9-16(8-6-2)18-14(3)15-10-12-17(13-11-15)21(4,19)20/h10-14,16,18H,5-9H2,1-4H3. The maximum absolute atomic E-state index is 11.5. The first kappa shape index (κ1) is 18.2. The van der Waals surface area contributed by atoms with Crippen LogP contribution in [0.5, 0.6) is 0 Å². The van der Waals surface area contributed by atoms with Crippen LogP contribution < -0.4 is 5.32 Å². The van der Waals surface area contributed by atoms with Crippen LogP contribution >= 0.6 is 0 Å². The summed E-state index contributed by atoms with van der Waals surface area (Å²) in [4.78, 5) is 0.384. The minimum absolute atomic E-state index is 0.243. The maximum Gasteiger partial charge on any atom is 0.175 e. The highest BCUT2D eigenvalue weighted by atomic mass is 32.2. The lowest BCUT2D eigenvalue weighted by atomic mass is 10.0. The third kappa shape index (κ3) is 6.18. The molecule has 1 N–H and O–H groups in total. The Morgan fingerprint density at radius 1 is 1.05 bits per heavy atom. The van der Waals surface area contributed by atoms with E-state index in [0.717, 1.165) is 5.56 Å². The van der Waals surface area contributed by atoms with Crippen molar-refractivity contribution in [1.29, 1.82) is 0 Å². The fourth-order valence-electron chi connectivity index (χ4n) is 2.56. The molecule has 1 rings (SSSR count). The van der Waals surface area contributed by atoms with Crippen LogP contribution in [0.15, 0.2) is 29.2 Å². The average Bonchev–Trinajstić information content (AvgIpc) is 2.44. The molecule has 0 aliphatic carbocycles. The molecular weight excluding hydrogens is 282 g/mol. The predicted molar refractivity (Wildman–Crippen MR) is 89.3 cm³/mol. The molecule has 2 atom stereocenters. The van der Waals surface area contributed by atoms with Crippen LogP contribution in [0.2, 0.25) is 0 Å². The molecule has 0 heterocycles. The highest BCUT2D eigenvalue weighted by Gasteiger charge is 2.13. The van der Waals surface area contributed by atoms with Crippen molar-refractivity contribution in [1.82, 2.24) is 5.32 Å². The monoisotopic (exact) mass is 311 g/mol. The number of nitrogens with one attached hydrogen (secondary N) is 1. The molecule has 1 aromatic rings. The zero-order valence-electron chi connectivity index (χ0n) is 13.7. The summed E-state index contributed by atoms with van der Waals surface area (Å²) in [5.41, 5.74) is 1.14. The lowest BCUT2D eigenvalue weighted by molar-refractivity contribution is 0.396. The van der Waals surface area contributed by atoms with Gasteiger partial charge in [-0.05, 0) is 37.5 Å². The van der Waals surface area contributed by atoms with Gasteiger partial charge < -0.3 is 5.32 Å². The Balaban J connectivity index is 2.71. The third-order valence-electron chi connectivity index (χ3n) is 3.84. The minimum Gasteiger partial charge on any atom is -0.307 e. The van der Waals surface area contributed by atoms with Crippen LogP contribution in [-0.4, -0.2) is 20.7 Å². The van der Waals surface area contributed by atoms with Gasteiger partial charge in [0.2, 0.25) is 0 Å². The molecule has 1 aromatic carbocycles. The Hall–Kier alpha value is -0.870. The van der Waals surface area contributed by atoms with E-state index in [4.69, 9.17) is 0 Å². The summed E-state index contributed by atoms with van der Waals surface area (Å²) in [7, 11) is -3.11. The van der Waals surface area contributed by atoms with E-state index in [1.165, 1.54) is 38.4 Å². The van der Waals surface area contributed by atoms with E-state index >= 15 is 0 Å². The SMILES string of the molecule is CCCCC(CCC)NC(C)c1ccc(S(C)(=O)=O)cc1. The highest BCUT2D eigenvalue weighted by Crippen LogP contribution is 2.18. The summed E-state index contributed by atoms with van der Waals surface area (Å²) < 4.78 is 23.0. The highest BCUT2D eigenvalue weighted by molar-refractivity contribution is 7.90. The number of hydrogen-bond donors (Lipinski definition) is 1. The van der Waals surface area contributed by atoms with Crippen molar-refractivity contribution < 1.29 is 8.42 Å². The van der Waals surface area contributed by atoms with Gasteiger partial charge in [-0.2, -0.15) is 0 Å². The smallest absolute Gasteiger partial charge is 0.175 e. The second-order valence-corrected chi connectivity index (χ2v) is 7.87. The molecule has 0 radical (unpaired) electrons. The van der Waals surface area contributed by atoms with E-state index in [1.54, 1.807) is 12.1 Å². The van der Waals surface area contributed by atoms with E-state index < -0.39 is 9.84 Å². The van der Waals surface area contributed by atoms with Crippen molar-refractivity contribution in [3.8, 4) is 0 Å². The normalized spacial score (nSPS) is 14.9. The van der Waals surface area contributed by atoms with Crippen LogP contribution in [0.4, 0.5) is 0 Å². The van der Waals surface area contributed by atoms with Crippen molar-refractivity contribution in [3.05, 3.63) is 29.8 Å². The molecule has 0 aliphatic heterocycles. The van der Waals surface area contributed by atoms with Gasteiger partial charge in [0, 0.05) is 18.3 Å². The molecule has 21 heavy (non-hydrogen) atoms. The van der Waals surface area contributed by atoms with Crippen LogP contribution in [0.1, 0.15) is 64.5 Å². The molecule has 0 saturated carbocycles. The molecule has 0 spiro atoms. The Labute approximate surface area is 130 Å². The molecule has 0 bridgehead atoms. The average molecular weight is 311 g/mol. The predicted octanol–water partition coefficient (Wildman–Crippen LogP) is 4.10. The minimum atomic E-state index is -3.11. The van der Waals surface area contributed by atoms with Crippen molar-refractivity contribution in [2.75, 3.05) is 6.26 Å². The lowest BCUT2D eigenvalue weighted by Gasteiger charge is -2.23. The summed E-state index contributed by atoms with van der Waals surface area (Å²) in [5, 5.41) is 3.68. The summed E-state index contributed by atoms with van der Waals surface area (Å²) in [6.07, 6.45) is 7.28. The Morgan fingerprint density at radius 3 is 2.14 bits per heavy atom. The zero-order chi connectivity index (χ0) is 15.9. The number of hydrogen-bond acceptors (Lipinski definition) is 3. The van der Waals surface area contributed by atoms with Crippen LogP contribution in [-0.2, 0) is 9.84 Å². The first-order valence-electron chi connectivity index (χ1n) is 7.94. The summed E-state index contributed by atoms with van der Waals surface area (Å²) in [6, 6.07) is 8.01. The van der Waals surface area contributed by atoms with Gasteiger partial charge >= 0.3 is 0 Å². The van der Waals surface area contributed by atoms with Crippen LogP contribution in [0.25, 0.3) is 0 Å². The van der Waals surface area contributed by atoms with E-state index in [9.17, 15) is 8.42 Å². The van der Waals surface area contributed by atoms with Gasteiger partial charge in [0.1, 0.15) is 0 Å². The maximum atomic E-state index is 11.5. The van der Waals surface area contributed by atoms with Gasteiger partial charge in [-0.15, -0.1) is 0 Å². The second kappa shape index (κ2) is 8.54. The molecule has 3 nitrogen and oxygen atoms in total. The van der Waals surface area contributed by atoms with Crippen LogP contribution in [0, 0.1) is 0 Å². The fourth-order valence-corrected chi connectivity index (χ4v) is 3.19. The Morgan fingerprint density at radius 2 is 1.67 bits per heavy atom. The van der Waals surface area contributed by atoms with Crippen molar-refractivity contribution in [2.24, 2.45) is 0 Å². The van der Waals surface area contributed by atoms with Gasteiger partial charge in [0.25, 0.3) is 0 Å². The van der Waals surface area contributed by atoms with Gasteiger partial charge in [-0.1, -0.05) is 45.2 Å². The van der Waals surface area contributed by atoms with E-state index in [0.29, 0.717) is 10.9 Å². The van der Waals surface area contributed by atoms with Gasteiger partial charge in [-0.3, -0.25) is 0 Å². The number of unbranched alkanes of at least 4 members (excludes halogenated alkanes) is 1. The van der Waals surface area contributed by atoms with Crippen molar-refractivity contribution in [3.63, 3.8) is 0 Å². The molecule has 0 saturated heterocycles. The first-order chi connectivity index (χ1) is 9.88. The van der Waals surface area contributed by atoms with E-state index in [2.05, 4.69) is 26.1 Å². The Bertz CT molecular complexity index is 508. The van der Waals surface area contributed by atoms with Crippen molar-refractivity contribution in [2.45, 2.75) is 69.9 Å². The third-order valence-corrected chi connectivity index (χ3v) is 4.97. The molecule has 4 heteroatoms. The van der Waals surface area contributed by atoms with Crippen LogP contribution in [0.3, 0.4) is 0 Å². The zero-order valence-corrected chi connectivity index (χ0v) is 14.5. The fraction of sp³-hybridized carbons (Fsp3) is 0.647. The number of rotatable bonds is 9. The molecule has 0 amide bonds. The molecular formula is C17H29NO2S. The molecule has 0 aromatic heterocycles. The second-order valence-electron chi connectivity index (χ2n) is 5.86. The number of benzene rings is 1. The van der Waals surface area contributed by atoms with Gasteiger partial charge in [0.05, 0.1) is 4.90 Å². The van der Waals surface area contributed by atoms with Gasteiger partial charge in [0.15, 0.2) is 9.84 Å². The molecule has 0 aliphatic rings.